The van der Waals surface area contributed by atoms with Crippen LogP contribution in [0.4, 0.5) is 0 Å². The van der Waals surface area contributed by atoms with Gasteiger partial charge in [0.25, 0.3) is 0 Å². The Hall–Kier alpha value is -1.75. The number of methoxy groups -OCH3 is 1. The number of benzene rings is 2. The van der Waals surface area contributed by atoms with Gasteiger partial charge in [-0.1, -0.05) is 41.9 Å². The summed E-state index contributed by atoms with van der Waals surface area (Å²) in [5.74, 6) is 1.34. The third-order valence-corrected chi connectivity index (χ3v) is 4.08. The van der Waals surface area contributed by atoms with Crippen LogP contribution in [0.15, 0.2) is 42.5 Å². The normalized spacial score (nSPS) is 10.7. The fourth-order valence-corrected chi connectivity index (χ4v) is 2.61. The fraction of sp³-hybridized carbons (Fsp3) is 0.400. The van der Waals surface area contributed by atoms with Crippen LogP contribution in [0.5, 0.6) is 11.5 Å². The van der Waals surface area contributed by atoms with Gasteiger partial charge in [0, 0.05) is 30.8 Å². The van der Waals surface area contributed by atoms with Crippen LogP contribution in [0.25, 0.3) is 0 Å². The third kappa shape index (κ3) is 6.58. The molecule has 2 rings (SSSR count). The van der Waals surface area contributed by atoms with Gasteiger partial charge in [0.1, 0.15) is 6.61 Å². The molecule has 0 saturated carbocycles. The summed E-state index contributed by atoms with van der Waals surface area (Å²) in [6.07, 6.45) is 0.973. The summed E-state index contributed by atoms with van der Waals surface area (Å²) >= 11 is 6.40. The second-order valence-corrected chi connectivity index (χ2v) is 6.00. The van der Waals surface area contributed by atoms with Crippen molar-refractivity contribution < 1.29 is 14.2 Å². The van der Waals surface area contributed by atoms with Crippen LogP contribution in [0.1, 0.15) is 24.5 Å². The molecule has 0 heterocycles. The molecular formula is C20H26ClNO3. The maximum atomic E-state index is 6.40. The zero-order chi connectivity index (χ0) is 17.9. The summed E-state index contributed by atoms with van der Waals surface area (Å²) in [5, 5.41) is 4.04. The lowest BCUT2D eigenvalue weighted by Crippen LogP contribution is -2.16. The van der Waals surface area contributed by atoms with E-state index in [4.69, 9.17) is 25.8 Å². The second kappa shape index (κ2) is 11.0. The van der Waals surface area contributed by atoms with Crippen molar-refractivity contribution in [2.45, 2.75) is 26.5 Å². The Balaban J connectivity index is 1.92. The molecule has 0 aliphatic carbocycles. The Morgan fingerprint density at radius 1 is 1.08 bits per heavy atom. The minimum Gasteiger partial charge on any atom is -0.493 e. The topological polar surface area (TPSA) is 39.7 Å². The molecule has 0 amide bonds. The summed E-state index contributed by atoms with van der Waals surface area (Å²) in [6.45, 7) is 5.56. The Bertz CT molecular complexity index is 634. The van der Waals surface area contributed by atoms with E-state index in [1.807, 2.05) is 49.4 Å². The lowest BCUT2D eigenvalue weighted by molar-refractivity contribution is 0.144. The van der Waals surface area contributed by atoms with E-state index in [2.05, 4.69) is 5.32 Å². The minimum absolute atomic E-state index is 0.475. The number of halogens is 1. The van der Waals surface area contributed by atoms with Crippen molar-refractivity contribution in [3.8, 4) is 11.5 Å². The van der Waals surface area contributed by atoms with E-state index in [0.29, 0.717) is 29.7 Å². The Labute approximate surface area is 155 Å². The van der Waals surface area contributed by atoms with E-state index in [9.17, 15) is 0 Å². The first kappa shape index (κ1) is 19.6. The highest BCUT2D eigenvalue weighted by Crippen LogP contribution is 2.33. The van der Waals surface area contributed by atoms with Crippen LogP contribution in [0, 0.1) is 0 Å². The highest BCUT2D eigenvalue weighted by atomic mass is 35.5. The highest BCUT2D eigenvalue weighted by Gasteiger charge is 2.11. The van der Waals surface area contributed by atoms with Crippen molar-refractivity contribution in [3.05, 3.63) is 58.6 Å². The van der Waals surface area contributed by atoms with Gasteiger partial charge >= 0.3 is 0 Å². The van der Waals surface area contributed by atoms with Gasteiger partial charge in [-0.15, -0.1) is 0 Å². The largest absolute Gasteiger partial charge is 0.493 e. The van der Waals surface area contributed by atoms with Gasteiger partial charge < -0.3 is 19.5 Å². The molecule has 0 bridgehead atoms. The van der Waals surface area contributed by atoms with Crippen molar-refractivity contribution in [2.75, 3.05) is 26.9 Å². The van der Waals surface area contributed by atoms with Crippen molar-refractivity contribution >= 4 is 11.6 Å². The Kier molecular flexibility index (Phi) is 8.60. The lowest BCUT2D eigenvalue weighted by atomic mass is 10.2. The van der Waals surface area contributed by atoms with Crippen LogP contribution in [0.3, 0.4) is 0 Å². The lowest BCUT2D eigenvalue weighted by Gasteiger charge is -2.14. The maximum absolute atomic E-state index is 6.40. The molecule has 0 aromatic heterocycles. The van der Waals surface area contributed by atoms with Crippen LogP contribution in [-0.4, -0.2) is 26.9 Å². The maximum Gasteiger partial charge on any atom is 0.163 e. The quantitative estimate of drug-likeness (QED) is 0.599. The first-order valence-electron chi connectivity index (χ1n) is 8.56. The zero-order valence-corrected chi connectivity index (χ0v) is 15.6. The van der Waals surface area contributed by atoms with Crippen molar-refractivity contribution in [3.63, 3.8) is 0 Å². The summed E-state index contributed by atoms with van der Waals surface area (Å²) < 4.78 is 16.7. The summed E-state index contributed by atoms with van der Waals surface area (Å²) in [5.41, 5.74) is 2.09. The number of ether oxygens (including phenoxy) is 3. The molecule has 5 heteroatoms. The molecular weight excluding hydrogens is 338 g/mol. The third-order valence-electron chi connectivity index (χ3n) is 3.73. The fourth-order valence-electron chi connectivity index (χ4n) is 2.39. The number of rotatable bonds is 11. The Morgan fingerprint density at radius 2 is 1.88 bits per heavy atom. The molecule has 136 valence electrons. The summed E-state index contributed by atoms with van der Waals surface area (Å²) in [6, 6.07) is 13.8. The molecule has 2 aromatic carbocycles. The number of hydrogen-bond donors (Lipinski definition) is 1. The monoisotopic (exact) mass is 363 g/mol. The van der Waals surface area contributed by atoms with Gasteiger partial charge in [0.05, 0.1) is 7.11 Å². The summed E-state index contributed by atoms with van der Waals surface area (Å²) in [4.78, 5) is 0. The molecule has 0 aliphatic heterocycles. The SMILES string of the molecule is CCOCCCNCc1cc(OC)c(OCc2ccccc2)cc1Cl. The van der Waals surface area contributed by atoms with Crippen LogP contribution in [-0.2, 0) is 17.9 Å². The predicted octanol–water partition coefficient (Wildman–Crippen LogP) is 4.44. The molecule has 25 heavy (non-hydrogen) atoms. The van der Waals surface area contributed by atoms with Crippen LogP contribution in [0.2, 0.25) is 5.02 Å². The molecule has 1 N–H and O–H groups in total. The molecule has 0 aliphatic rings. The second-order valence-electron chi connectivity index (χ2n) is 5.60. The van der Waals surface area contributed by atoms with Gasteiger partial charge in [-0.3, -0.25) is 0 Å². The summed E-state index contributed by atoms with van der Waals surface area (Å²) in [7, 11) is 1.64. The molecule has 0 atom stereocenters. The first-order valence-corrected chi connectivity index (χ1v) is 8.94. The van der Waals surface area contributed by atoms with Gasteiger partial charge in [-0.05, 0) is 37.1 Å². The van der Waals surface area contributed by atoms with Crippen LogP contribution < -0.4 is 14.8 Å². The number of nitrogens with one attached hydrogen (secondary N) is 1. The molecule has 2 aromatic rings. The predicted molar refractivity (Wildman–Crippen MR) is 102 cm³/mol. The highest BCUT2D eigenvalue weighted by molar-refractivity contribution is 6.31. The van der Waals surface area contributed by atoms with Crippen molar-refractivity contribution in [1.82, 2.24) is 5.32 Å². The van der Waals surface area contributed by atoms with E-state index in [0.717, 1.165) is 37.3 Å². The smallest absolute Gasteiger partial charge is 0.163 e. The van der Waals surface area contributed by atoms with Gasteiger partial charge in [-0.25, -0.2) is 0 Å². The molecule has 0 fully saturated rings. The van der Waals surface area contributed by atoms with Crippen LogP contribution >= 0.6 is 11.6 Å². The minimum atomic E-state index is 0.475. The van der Waals surface area contributed by atoms with E-state index in [-0.39, 0.29) is 0 Å². The van der Waals surface area contributed by atoms with E-state index < -0.39 is 0 Å². The van der Waals surface area contributed by atoms with Crippen molar-refractivity contribution in [1.29, 1.82) is 0 Å². The average molecular weight is 364 g/mol. The van der Waals surface area contributed by atoms with E-state index in [1.54, 1.807) is 7.11 Å². The van der Waals surface area contributed by atoms with Gasteiger partial charge in [0.2, 0.25) is 0 Å². The molecule has 0 spiro atoms. The van der Waals surface area contributed by atoms with E-state index >= 15 is 0 Å². The molecule has 4 nitrogen and oxygen atoms in total. The molecule has 0 saturated heterocycles. The van der Waals surface area contributed by atoms with Gasteiger partial charge in [0.15, 0.2) is 11.5 Å². The van der Waals surface area contributed by atoms with Crippen molar-refractivity contribution in [2.24, 2.45) is 0 Å². The Morgan fingerprint density at radius 3 is 2.60 bits per heavy atom. The average Bonchev–Trinajstić information content (AvgIpc) is 2.65. The van der Waals surface area contributed by atoms with E-state index in [1.165, 1.54) is 0 Å². The molecule has 0 radical (unpaired) electrons. The zero-order valence-electron chi connectivity index (χ0n) is 14.9. The number of hydrogen-bond acceptors (Lipinski definition) is 4. The standard InChI is InChI=1S/C20H26ClNO3/c1-3-24-11-7-10-22-14-17-12-19(23-2)20(13-18(17)21)25-15-16-8-5-4-6-9-16/h4-6,8-9,12-13,22H,3,7,10-11,14-15H2,1-2H3. The van der Waals surface area contributed by atoms with Gasteiger partial charge in [-0.2, -0.15) is 0 Å². The first-order chi connectivity index (χ1) is 12.2. The molecule has 0 unspecified atom stereocenters.